The Labute approximate surface area is 139 Å². The van der Waals surface area contributed by atoms with Gasteiger partial charge in [-0.3, -0.25) is 4.79 Å². The second kappa shape index (κ2) is 5.49. The van der Waals surface area contributed by atoms with Crippen LogP contribution in [0.15, 0.2) is 71.5 Å². The predicted molar refractivity (Wildman–Crippen MR) is 95.7 cm³/mol. The normalized spacial score (nSPS) is 11.1. The molecular weight excluding hydrogens is 298 g/mol. The highest BCUT2D eigenvalue weighted by atomic mass is 16.1. The SMILES string of the molecule is Cc1ccc(-n2c(-c3ccccc3)cc3nc(C)cc(=O)n32)cc1. The molecule has 4 nitrogen and oxygen atoms in total. The third kappa shape index (κ3) is 2.33. The Hall–Kier alpha value is -3.14. The van der Waals surface area contributed by atoms with Crippen molar-refractivity contribution in [1.82, 2.24) is 14.2 Å². The number of fused-ring (bicyclic) bond motifs is 1. The summed E-state index contributed by atoms with van der Waals surface area (Å²) in [5.74, 6) is 0. The van der Waals surface area contributed by atoms with Crippen molar-refractivity contribution in [3.05, 3.63) is 88.3 Å². The lowest BCUT2D eigenvalue weighted by Gasteiger charge is -2.11. The maximum absolute atomic E-state index is 12.6. The van der Waals surface area contributed by atoms with Gasteiger partial charge in [-0.2, -0.15) is 4.52 Å². The molecule has 0 saturated carbocycles. The Morgan fingerprint density at radius 1 is 0.875 bits per heavy atom. The van der Waals surface area contributed by atoms with Gasteiger partial charge in [0.25, 0.3) is 5.56 Å². The molecule has 2 aromatic carbocycles. The van der Waals surface area contributed by atoms with Crippen molar-refractivity contribution in [3.8, 4) is 16.9 Å². The molecule has 0 aliphatic heterocycles. The van der Waals surface area contributed by atoms with Crippen LogP contribution in [-0.4, -0.2) is 14.2 Å². The Morgan fingerprint density at radius 2 is 1.58 bits per heavy atom. The standard InChI is InChI=1S/C20H17N3O/c1-14-8-10-17(11-9-14)22-18(16-6-4-3-5-7-16)13-19-21-15(2)12-20(24)23(19)22/h3-13H,1-2H3. The fraction of sp³-hybridized carbons (Fsp3) is 0.100. The lowest BCUT2D eigenvalue weighted by Crippen LogP contribution is -2.20. The van der Waals surface area contributed by atoms with Crippen LogP contribution in [0.5, 0.6) is 0 Å². The average molecular weight is 315 g/mol. The van der Waals surface area contributed by atoms with Gasteiger partial charge < -0.3 is 0 Å². The van der Waals surface area contributed by atoms with Crippen molar-refractivity contribution in [2.45, 2.75) is 13.8 Å². The molecule has 0 fully saturated rings. The van der Waals surface area contributed by atoms with Crippen LogP contribution >= 0.6 is 0 Å². The first-order chi connectivity index (χ1) is 11.6. The first kappa shape index (κ1) is 14.5. The zero-order chi connectivity index (χ0) is 16.7. The van der Waals surface area contributed by atoms with Gasteiger partial charge in [0.15, 0.2) is 5.65 Å². The zero-order valence-electron chi connectivity index (χ0n) is 13.6. The van der Waals surface area contributed by atoms with Crippen LogP contribution in [0, 0.1) is 13.8 Å². The minimum Gasteiger partial charge on any atom is -0.267 e. The third-order valence-corrected chi connectivity index (χ3v) is 4.09. The van der Waals surface area contributed by atoms with Gasteiger partial charge in [0.2, 0.25) is 0 Å². The molecule has 4 aromatic rings. The molecule has 4 rings (SSSR count). The molecule has 0 bridgehead atoms. The molecule has 0 saturated heterocycles. The zero-order valence-corrected chi connectivity index (χ0v) is 13.6. The molecule has 2 aromatic heterocycles. The minimum absolute atomic E-state index is 0.0831. The van der Waals surface area contributed by atoms with E-state index in [1.165, 1.54) is 5.56 Å². The number of rotatable bonds is 2. The molecule has 24 heavy (non-hydrogen) atoms. The predicted octanol–water partition coefficient (Wildman–Crippen LogP) is 3.77. The number of aromatic nitrogens is 3. The van der Waals surface area contributed by atoms with E-state index in [0.29, 0.717) is 5.65 Å². The van der Waals surface area contributed by atoms with Crippen molar-refractivity contribution in [3.63, 3.8) is 0 Å². The lowest BCUT2D eigenvalue weighted by molar-refractivity contribution is 0.766. The number of benzene rings is 2. The van der Waals surface area contributed by atoms with Gasteiger partial charge in [-0.05, 0) is 26.0 Å². The molecule has 0 radical (unpaired) electrons. The van der Waals surface area contributed by atoms with Crippen molar-refractivity contribution >= 4 is 5.65 Å². The topological polar surface area (TPSA) is 39.3 Å². The van der Waals surface area contributed by atoms with Gasteiger partial charge >= 0.3 is 0 Å². The summed E-state index contributed by atoms with van der Waals surface area (Å²) in [6, 6.07) is 21.7. The number of hydrogen-bond donors (Lipinski definition) is 0. The van der Waals surface area contributed by atoms with Crippen LogP contribution in [0.25, 0.3) is 22.6 Å². The van der Waals surface area contributed by atoms with Crippen molar-refractivity contribution in [2.75, 3.05) is 0 Å². The highest BCUT2D eigenvalue weighted by Gasteiger charge is 2.14. The van der Waals surface area contributed by atoms with Crippen molar-refractivity contribution < 1.29 is 0 Å². The quantitative estimate of drug-likeness (QED) is 0.565. The van der Waals surface area contributed by atoms with Gasteiger partial charge in [-0.25, -0.2) is 9.67 Å². The van der Waals surface area contributed by atoms with Gasteiger partial charge in [0.1, 0.15) is 0 Å². The summed E-state index contributed by atoms with van der Waals surface area (Å²) in [6.07, 6.45) is 0. The molecule has 0 atom stereocenters. The molecule has 2 heterocycles. The molecule has 0 amide bonds. The van der Waals surface area contributed by atoms with Gasteiger partial charge in [0.05, 0.1) is 11.4 Å². The van der Waals surface area contributed by atoms with E-state index in [2.05, 4.69) is 4.98 Å². The van der Waals surface area contributed by atoms with E-state index in [9.17, 15) is 4.79 Å². The first-order valence-electron chi connectivity index (χ1n) is 7.88. The molecule has 118 valence electrons. The van der Waals surface area contributed by atoms with E-state index in [0.717, 1.165) is 22.6 Å². The fourth-order valence-corrected chi connectivity index (χ4v) is 2.95. The van der Waals surface area contributed by atoms with Crippen LogP contribution in [0.3, 0.4) is 0 Å². The van der Waals surface area contributed by atoms with E-state index in [-0.39, 0.29) is 5.56 Å². The molecule has 0 N–H and O–H groups in total. The third-order valence-electron chi connectivity index (χ3n) is 4.09. The highest BCUT2D eigenvalue weighted by Crippen LogP contribution is 2.25. The van der Waals surface area contributed by atoms with E-state index in [1.54, 1.807) is 10.6 Å². The van der Waals surface area contributed by atoms with Crippen LogP contribution in [-0.2, 0) is 0 Å². The Morgan fingerprint density at radius 3 is 2.29 bits per heavy atom. The summed E-state index contributed by atoms with van der Waals surface area (Å²) in [5.41, 5.74) is 5.38. The summed E-state index contributed by atoms with van der Waals surface area (Å²) in [4.78, 5) is 17.1. The van der Waals surface area contributed by atoms with E-state index < -0.39 is 0 Å². The second-order valence-electron chi connectivity index (χ2n) is 5.95. The summed E-state index contributed by atoms with van der Waals surface area (Å²) >= 11 is 0. The average Bonchev–Trinajstić information content (AvgIpc) is 2.96. The molecule has 0 aliphatic carbocycles. The lowest BCUT2D eigenvalue weighted by atomic mass is 10.1. The number of nitrogens with zero attached hydrogens (tertiary/aromatic N) is 3. The van der Waals surface area contributed by atoms with Crippen LogP contribution in [0.2, 0.25) is 0 Å². The first-order valence-corrected chi connectivity index (χ1v) is 7.88. The smallest absolute Gasteiger partial charge is 0.267 e. The minimum atomic E-state index is -0.0831. The molecule has 0 unspecified atom stereocenters. The van der Waals surface area contributed by atoms with E-state index >= 15 is 0 Å². The summed E-state index contributed by atoms with van der Waals surface area (Å²) < 4.78 is 3.55. The van der Waals surface area contributed by atoms with E-state index in [4.69, 9.17) is 0 Å². The highest BCUT2D eigenvalue weighted by molar-refractivity contribution is 5.67. The maximum atomic E-state index is 12.6. The van der Waals surface area contributed by atoms with Crippen molar-refractivity contribution in [2.24, 2.45) is 0 Å². The molecule has 4 heteroatoms. The second-order valence-corrected chi connectivity index (χ2v) is 5.95. The van der Waals surface area contributed by atoms with Gasteiger partial charge in [0, 0.05) is 23.4 Å². The Kier molecular flexibility index (Phi) is 3.31. The van der Waals surface area contributed by atoms with E-state index in [1.807, 2.05) is 79.2 Å². The number of hydrogen-bond acceptors (Lipinski definition) is 2. The summed E-state index contributed by atoms with van der Waals surface area (Å²) in [5, 5.41) is 0. The largest absolute Gasteiger partial charge is 0.273 e. The fourth-order valence-electron chi connectivity index (χ4n) is 2.95. The Balaban J connectivity index is 2.12. The van der Waals surface area contributed by atoms with Gasteiger partial charge in [-0.1, -0.05) is 48.0 Å². The molecule has 0 aliphatic rings. The molecule has 0 spiro atoms. The number of aryl methyl sites for hydroxylation is 2. The van der Waals surface area contributed by atoms with Crippen LogP contribution in [0.4, 0.5) is 0 Å². The van der Waals surface area contributed by atoms with Crippen molar-refractivity contribution in [1.29, 1.82) is 0 Å². The van der Waals surface area contributed by atoms with Crippen LogP contribution in [0.1, 0.15) is 11.3 Å². The Bertz CT molecular complexity index is 1070. The van der Waals surface area contributed by atoms with Gasteiger partial charge in [-0.15, -0.1) is 0 Å². The molecular formula is C20H17N3O. The summed E-state index contributed by atoms with van der Waals surface area (Å²) in [7, 11) is 0. The monoisotopic (exact) mass is 315 g/mol. The maximum Gasteiger partial charge on any atom is 0.273 e. The van der Waals surface area contributed by atoms with Crippen LogP contribution < -0.4 is 5.56 Å². The summed E-state index contributed by atoms with van der Waals surface area (Å²) in [6.45, 7) is 3.89.